The van der Waals surface area contributed by atoms with Crippen molar-refractivity contribution in [3.63, 3.8) is 0 Å². The Hall–Kier alpha value is -3.15. The predicted octanol–water partition coefficient (Wildman–Crippen LogP) is 5.57. The summed E-state index contributed by atoms with van der Waals surface area (Å²) in [7, 11) is 0. The lowest BCUT2D eigenvalue weighted by Crippen LogP contribution is -2.34. The lowest BCUT2D eigenvalue weighted by molar-refractivity contribution is -0.135. The molecule has 8 heteroatoms. The van der Waals surface area contributed by atoms with Crippen molar-refractivity contribution in [3.8, 4) is 6.07 Å². The number of alkyl carbamates (subject to hydrolysis) is 1. The van der Waals surface area contributed by atoms with Crippen LogP contribution in [0.2, 0.25) is 0 Å². The molecule has 1 atom stereocenters. The number of hydrogen-bond donors (Lipinski definition) is 1. The Balaban J connectivity index is 1.42. The molecular weight excluding hydrogens is 454 g/mol. The molecule has 0 spiro atoms. The van der Waals surface area contributed by atoms with Gasteiger partial charge in [-0.05, 0) is 47.7 Å². The number of thiophene rings is 2. The average molecular weight is 482 g/mol. The van der Waals surface area contributed by atoms with E-state index in [1.807, 2.05) is 65.4 Å². The van der Waals surface area contributed by atoms with Gasteiger partial charge >= 0.3 is 6.09 Å². The molecule has 0 fully saturated rings. The summed E-state index contributed by atoms with van der Waals surface area (Å²) in [5.74, 6) is -0.843. The van der Waals surface area contributed by atoms with Crippen LogP contribution in [0.5, 0.6) is 0 Å². The van der Waals surface area contributed by atoms with Crippen molar-refractivity contribution in [2.75, 3.05) is 6.54 Å². The van der Waals surface area contributed by atoms with Crippen LogP contribution in [0.15, 0.2) is 65.4 Å². The van der Waals surface area contributed by atoms with Gasteiger partial charge in [-0.3, -0.25) is 4.79 Å². The fraction of sp³-hybridized carbons (Fsp3) is 0.320. The fourth-order valence-electron chi connectivity index (χ4n) is 3.29. The van der Waals surface area contributed by atoms with E-state index in [1.165, 1.54) is 0 Å². The third-order valence-electron chi connectivity index (χ3n) is 5.02. The number of carbonyl (C=O) groups excluding carboxylic acids is 2. The topological polar surface area (TPSA) is 82.4 Å². The second-order valence-corrected chi connectivity index (χ2v) is 9.58. The number of rotatable bonds is 12. The number of benzene rings is 1. The van der Waals surface area contributed by atoms with E-state index in [0.717, 1.165) is 15.3 Å². The molecule has 0 radical (unpaired) electrons. The molecule has 2 amide bonds. The van der Waals surface area contributed by atoms with E-state index in [1.54, 1.807) is 27.6 Å². The predicted molar refractivity (Wildman–Crippen MR) is 130 cm³/mol. The summed E-state index contributed by atoms with van der Waals surface area (Å²) >= 11 is 3.21. The molecule has 0 aliphatic rings. The van der Waals surface area contributed by atoms with Crippen molar-refractivity contribution < 1.29 is 14.3 Å². The SMILES string of the molecule is N#CC(CCCCNC(=O)OCc1ccccc1)C(=O)N(Cc1cccs1)Cc1cccs1. The zero-order valence-electron chi connectivity index (χ0n) is 18.3. The average Bonchev–Trinajstić information content (AvgIpc) is 3.54. The molecule has 172 valence electrons. The molecule has 0 aliphatic carbocycles. The van der Waals surface area contributed by atoms with Crippen molar-refractivity contribution in [1.82, 2.24) is 10.2 Å². The van der Waals surface area contributed by atoms with Crippen molar-refractivity contribution in [2.45, 2.75) is 39.0 Å². The normalized spacial score (nSPS) is 11.4. The van der Waals surface area contributed by atoms with Gasteiger partial charge in [-0.25, -0.2) is 4.79 Å². The molecule has 0 aliphatic heterocycles. The molecule has 1 aromatic carbocycles. The molecule has 2 heterocycles. The highest BCUT2D eigenvalue weighted by Gasteiger charge is 2.25. The number of carbonyl (C=O) groups is 2. The zero-order valence-corrected chi connectivity index (χ0v) is 19.9. The molecule has 1 unspecified atom stereocenters. The van der Waals surface area contributed by atoms with Crippen LogP contribution < -0.4 is 5.32 Å². The van der Waals surface area contributed by atoms with Gasteiger partial charge in [0.1, 0.15) is 12.5 Å². The first kappa shape index (κ1) is 24.5. The number of nitriles is 1. The second kappa shape index (κ2) is 13.4. The first-order valence-electron chi connectivity index (χ1n) is 10.8. The standard InChI is InChI=1S/C25H27N3O3S2/c26-16-21(10-4-5-13-27-25(30)31-19-20-8-2-1-3-9-20)24(29)28(17-22-11-6-14-32-22)18-23-12-7-15-33-23/h1-3,6-9,11-12,14-15,21H,4-5,10,13,17-19H2,(H,27,30). The highest BCUT2D eigenvalue weighted by molar-refractivity contribution is 7.10. The van der Waals surface area contributed by atoms with Crippen LogP contribution >= 0.6 is 22.7 Å². The number of nitrogens with one attached hydrogen (secondary N) is 1. The van der Waals surface area contributed by atoms with Crippen molar-refractivity contribution in [3.05, 3.63) is 80.7 Å². The van der Waals surface area contributed by atoms with E-state index in [0.29, 0.717) is 38.9 Å². The van der Waals surface area contributed by atoms with E-state index >= 15 is 0 Å². The van der Waals surface area contributed by atoms with Gasteiger partial charge in [0.25, 0.3) is 0 Å². The van der Waals surface area contributed by atoms with Crippen LogP contribution in [0, 0.1) is 17.2 Å². The molecule has 0 saturated heterocycles. The summed E-state index contributed by atoms with van der Waals surface area (Å²) < 4.78 is 5.19. The summed E-state index contributed by atoms with van der Waals surface area (Å²) in [6, 6.07) is 19.6. The van der Waals surface area contributed by atoms with Gasteiger partial charge in [0.2, 0.25) is 5.91 Å². The summed E-state index contributed by atoms with van der Waals surface area (Å²) in [6.07, 6.45) is 1.32. The molecule has 33 heavy (non-hydrogen) atoms. The van der Waals surface area contributed by atoms with Crippen molar-refractivity contribution in [1.29, 1.82) is 5.26 Å². The largest absolute Gasteiger partial charge is 0.445 e. The minimum Gasteiger partial charge on any atom is -0.445 e. The Labute approximate surface area is 202 Å². The Morgan fingerprint density at radius 2 is 1.64 bits per heavy atom. The lowest BCUT2D eigenvalue weighted by atomic mass is 10.0. The van der Waals surface area contributed by atoms with Crippen LogP contribution in [0.25, 0.3) is 0 Å². The van der Waals surface area contributed by atoms with Gasteiger partial charge in [-0.2, -0.15) is 5.26 Å². The number of hydrogen-bond acceptors (Lipinski definition) is 6. The van der Waals surface area contributed by atoms with Crippen LogP contribution in [0.1, 0.15) is 34.6 Å². The molecule has 0 bridgehead atoms. The van der Waals surface area contributed by atoms with E-state index in [-0.39, 0.29) is 12.5 Å². The third-order valence-corrected chi connectivity index (χ3v) is 6.74. The van der Waals surface area contributed by atoms with E-state index in [4.69, 9.17) is 4.74 Å². The van der Waals surface area contributed by atoms with Gasteiger partial charge in [0.05, 0.1) is 19.2 Å². The second-order valence-electron chi connectivity index (χ2n) is 7.52. The zero-order chi connectivity index (χ0) is 23.3. The summed E-state index contributed by atoms with van der Waals surface area (Å²) in [5.41, 5.74) is 0.928. The van der Waals surface area contributed by atoms with Crippen LogP contribution in [-0.2, 0) is 29.2 Å². The lowest BCUT2D eigenvalue weighted by Gasteiger charge is -2.24. The fourth-order valence-corrected chi connectivity index (χ4v) is 4.73. The maximum Gasteiger partial charge on any atom is 0.407 e. The molecule has 6 nitrogen and oxygen atoms in total. The van der Waals surface area contributed by atoms with Crippen LogP contribution in [0.4, 0.5) is 4.79 Å². The Bertz CT molecular complexity index is 979. The van der Waals surface area contributed by atoms with Crippen molar-refractivity contribution in [2.24, 2.45) is 5.92 Å². The number of ether oxygens (including phenoxy) is 1. The molecule has 0 saturated carbocycles. The number of unbranched alkanes of at least 4 members (excludes halogenated alkanes) is 1. The monoisotopic (exact) mass is 481 g/mol. The third kappa shape index (κ3) is 8.37. The Morgan fingerprint density at radius 1 is 0.970 bits per heavy atom. The van der Waals surface area contributed by atoms with Gasteiger partial charge in [0.15, 0.2) is 0 Å². The van der Waals surface area contributed by atoms with E-state index in [2.05, 4.69) is 11.4 Å². The van der Waals surface area contributed by atoms with E-state index in [9.17, 15) is 14.9 Å². The molecule has 1 N–H and O–H groups in total. The Morgan fingerprint density at radius 3 is 2.21 bits per heavy atom. The quantitative estimate of drug-likeness (QED) is 0.343. The van der Waals surface area contributed by atoms with Gasteiger partial charge in [-0.15, -0.1) is 22.7 Å². The maximum absolute atomic E-state index is 13.1. The molecule has 3 aromatic rings. The number of nitrogens with zero attached hydrogens (tertiary/aromatic N) is 2. The summed E-state index contributed by atoms with van der Waals surface area (Å²) in [5, 5.41) is 16.3. The highest BCUT2D eigenvalue weighted by Crippen LogP contribution is 2.21. The van der Waals surface area contributed by atoms with Gasteiger partial charge in [0, 0.05) is 16.3 Å². The van der Waals surface area contributed by atoms with E-state index < -0.39 is 12.0 Å². The van der Waals surface area contributed by atoms with Gasteiger partial charge < -0.3 is 15.0 Å². The summed E-state index contributed by atoms with van der Waals surface area (Å²) in [4.78, 5) is 28.9. The maximum atomic E-state index is 13.1. The minimum absolute atomic E-state index is 0.144. The van der Waals surface area contributed by atoms with Crippen LogP contribution in [-0.4, -0.2) is 23.4 Å². The summed E-state index contributed by atoms with van der Waals surface area (Å²) in [6.45, 7) is 1.67. The first-order valence-corrected chi connectivity index (χ1v) is 12.6. The van der Waals surface area contributed by atoms with Crippen molar-refractivity contribution >= 4 is 34.7 Å². The highest BCUT2D eigenvalue weighted by atomic mass is 32.1. The first-order chi connectivity index (χ1) is 16.2. The molecule has 3 rings (SSSR count). The Kier molecular flexibility index (Phi) is 9.95. The smallest absolute Gasteiger partial charge is 0.407 e. The van der Waals surface area contributed by atoms with Crippen LogP contribution in [0.3, 0.4) is 0 Å². The van der Waals surface area contributed by atoms with Gasteiger partial charge in [-0.1, -0.05) is 42.5 Å². The molecule has 2 aromatic heterocycles. The number of amides is 2. The molecular formula is C25H27N3O3S2. The minimum atomic E-state index is -0.699.